The fraction of sp³-hybridized carbons (Fsp3) is 0.591. The quantitative estimate of drug-likeness (QED) is 0.809. The van der Waals surface area contributed by atoms with Crippen molar-refractivity contribution in [2.75, 3.05) is 26.2 Å². The number of benzene rings is 1. The molecule has 29 heavy (non-hydrogen) atoms. The second kappa shape index (κ2) is 7.35. The molecule has 4 atom stereocenters. The zero-order valence-electron chi connectivity index (χ0n) is 16.9. The molecule has 2 aliphatic heterocycles. The van der Waals surface area contributed by atoms with Crippen molar-refractivity contribution in [3.8, 4) is 0 Å². The number of carboxylic acid groups (broad SMARTS) is 1. The summed E-state index contributed by atoms with van der Waals surface area (Å²) in [7, 11) is 0. The fourth-order valence-electron chi connectivity index (χ4n) is 4.78. The van der Waals surface area contributed by atoms with Gasteiger partial charge < -0.3 is 20.1 Å². The second-order valence-corrected chi connectivity index (χ2v) is 9.01. The van der Waals surface area contributed by atoms with Gasteiger partial charge in [-0.25, -0.2) is 4.79 Å². The molecule has 1 aliphatic carbocycles. The van der Waals surface area contributed by atoms with Gasteiger partial charge in [-0.1, -0.05) is 24.3 Å². The van der Waals surface area contributed by atoms with E-state index in [1.165, 1.54) is 5.56 Å². The maximum Gasteiger partial charge on any atom is 0.407 e. The van der Waals surface area contributed by atoms with Gasteiger partial charge in [0.2, 0.25) is 5.91 Å². The number of carbonyl (C=O) groups is 3. The normalized spacial score (nSPS) is 29.2. The standard InChI is InChI=1S/C22H28N2O5/c1-22(2,20(26)27)15-7-3-5-13(9-15)18-16-11-24(12-17(16)18)19(25)14-6-4-8-29-21(28)23-10-14/h3,5,7,9,14,16-18H,4,6,8,10-12H2,1-2H3,(H,23,28)(H,26,27)/t14-,16-,17+,18?/m1/s1. The highest BCUT2D eigenvalue weighted by Crippen LogP contribution is 2.58. The number of hydrogen-bond donors (Lipinski definition) is 2. The average molecular weight is 400 g/mol. The molecule has 0 spiro atoms. The molecule has 4 rings (SSSR count). The van der Waals surface area contributed by atoms with Crippen LogP contribution >= 0.6 is 0 Å². The number of cyclic esters (lactones) is 1. The van der Waals surface area contributed by atoms with Crippen LogP contribution in [0.1, 0.15) is 43.7 Å². The summed E-state index contributed by atoms with van der Waals surface area (Å²) in [5, 5.41) is 12.2. The highest BCUT2D eigenvalue weighted by atomic mass is 16.5. The molecule has 2 heterocycles. The monoisotopic (exact) mass is 400 g/mol. The van der Waals surface area contributed by atoms with Crippen molar-refractivity contribution in [2.45, 2.75) is 38.0 Å². The van der Waals surface area contributed by atoms with E-state index in [9.17, 15) is 19.5 Å². The SMILES string of the molecule is CC(C)(C(=O)O)c1cccc(C2[C@H]3CN(C(=O)[C@@H]4CCCOC(=O)NC4)C[C@@H]23)c1. The Hall–Kier alpha value is -2.57. The van der Waals surface area contributed by atoms with E-state index in [-0.39, 0.29) is 11.8 Å². The molecular weight excluding hydrogens is 372 g/mol. The predicted molar refractivity (Wildman–Crippen MR) is 105 cm³/mol. The molecule has 7 nitrogen and oxygen atoms in total. The van der Waals surface area contributed by atoms with E-state index < -0.39 is 17.5 Å². The number of aliphatic carboxylic acids is 1. The summed E-state index contributed by atoms with van der Waals surface area (Å²) in [6.07, 6.45) is 0.982. The molecule has 1 aromatic rings. The molecule has 0 aromatic heterocycles. The summed E-state index contributed by atoms with van der Waals surface area (Å²) in [6, 6.07) is 7.90. The zero-order chi connectivity index (χ0) is 20.8. The van der Waals surface area contributed by atoms with E-state index in [0.29, 0.717) is 37.3 Å². The van der Waals surface area contributed by atoms with Crippen molar-refractivity contribution in [3.05, 3.63) is 35.4 Å². The molecular formula is C22H28N2O5. The number of rotatable bonds is 4. The Bertz CT molecular complexity index is 824. The number of nitrogens with one attached hydrogen (secondary N) is 1. The molecule has 156 valence electrons. The minimum absolute atomic E-state index is 0.124. The van der Waals surface area contributed by atoms with Crippen molar-refractivity contribution in [1.29, 1.82) is 0 Å². The van der Waals surface area contributed by atoms with Crippen LogP contribution in [0.3, 0.4) is 0 Å². The zero-order valence-corrected chi connectivity index (χ0v) is 16.9. The second-order valence-electron chi connectivity index (χ2n) is 9.01. The van der Waals surface area contributed by atoms with E-state index in [1.807, 2.05) is 23.1 Å². The predicted octanol–water partition coefficient (Wildman–Crippen LogP) is 2.36. The Balaban J connectivity index is 1.38. The van der Waals surface area contributed by atoms with Crippen molar-refractivity contribution in [2.24, 2.45) is 17.8 Å². The number of ether oxygens (including phenoxy) is 1. The van der Waals surface area contributed by atoms with Gasteiger partial charge in [0.25, 0.3) is 0 Å². The Morgan fingerprint density at radius 2 is 1.97 bits per heavy atom. The first kappa shape index (κ1) is 19.7. The molecule has 0 radical (unpaired) electrons. The lowest BCUT2D eigenvalue weighted by Gasteiger charge is -2.27. The number of likely N-dealkylation sites (tertiary alicyclic amines) is 1. The lowest BCUT2D eigenvalue weighted by molar-refractivity contribution is -0.142. The largest absolute Gasteiger partial charge is 0.481 e. The average Bonchev–Trinajstić information content (AvgIpc) is 3.18. The van der Waals surface area contributed by atoms with E-state index in [4.69, 9.17) is 4.74 Å². The van der Waals surface area contributed by atoms with Crippen LogP contribution in [-0.2, 0) is 19.7 Å². The van der Waals surface area contributed by atoms with Crippen LogP contribution in [0.2, 0.25) is 0 Å². The van der Waals surface area contributed by atoms with Crippen molar-refractivity contribution < 1.29 is 24.2 Å². The van der Waals surface area contributed by atoms with Crippen LogP contribution in [0, 0.1) is 17.8 Å². The fourth-order valence-corrected chi connectivity index (χ4v) is 4.78. The molecule has 1 aromatic carbocycles. The number of fused-ring (bicyclic) bond motifs is 1. The van der Waals surface area contributed by atoms with Crippen LogP contribution < -0.4 is 5.32 Å². The third-order valence-electron chi connectivity index (χ3n) is 6.81. The van der Waals surface area contributed by atoms with Crippen molar-refractivity contribution in [1.82, 2.24) is 10.2 Å². The van der Waals surface area contributed by atoms with Gasteiger partial charge in [0.05, 0.1) is 17.9 Å². The van der Waals surface area contributed by atoms with Gasteiger partial charge in [0, 0.05) is 19.6 Å². The topological polar surface area (TPSA) is 95.9 Å². The summed E-state index contributed by atoms with van der Waals surface area (Å²) < 4.78 is 4.96. The highest BCUT2D eigenvalue weighted by Gasteiger charge is 2.57. The van der Waals surface area contributed by atoms with Gasteiger partial charge in [-0.05, 0) is 55.6 Å². The highest BCUT2D eigenvalue weighted by molar-refractivity contribution is 5.81. The third kappa shape index (κ3) is 3.70. The van der Waals surface area contributed by atoms with Crippen LogP contribution in [0.5, 0.6) is 0 Å². The first-order valence-electron chi connectivity index (χ1n) is 10.3. The summed E-state index contributed by atoms with van der Waals surface area (Å²) in [5.74, 6) is 0.382. The summed E-state index contributed by atoms with van der Waals surface area (Å²) in [6.45, 7) is 5.61. The third-order valence-corrected chi connectivity index (χ3v) is 6.81. The lowest BCUT2D eigenvalue weighted by Crippen LogP contribution is -2.43. The number of nitrogens with zero attached hydrogens (tertiary/aromatic N) is 1. The van der Waals surface area contributed by atoms with Gasteiger partial charge in [-0.15, -0.1) is 0 Å². The van der Waals surface area contributed by atoms with Gasteiger partial charge >= 0.3 is 12.1 Å². The molecule has 2 amide bonds. The first-order valence-corrected chi connectivity index (χ1v) is 10.3. The maximum absolute atomic E-state index is 12.9. The minimum atomic E-state index is -0.922. The minimum Gasteiger partial charge on any atom is -0.481 e. The van der Waals surface area contributed by atoms with Crippen LogP contribution in [0.25, 0.3) is 0 Å². The van der Waals surface area contributed by atoms with Gasteiger partial charge in [0.15, 0.2) is 0 Å². The molecule has 3 aliphatic rings. The molecule has 7 heteroatoms. The van der Waals surface area contributed by atoms with E-state index in [1.54, 1.807) is 13.8 Å². The van der Waals surface area contributed by atoms with Gasteiger partial charge in [-0.3, -0.25) is 9.59 Å². The Morgan fingerprint density at radius 3 is 2.66 bits per heavy atom. The van der Waals surface area contributed by atoms with Crippen LogP contribution in [-0.4, -0.2) is 54.2 Å². The molecule has 3 fully saturated rings. The van der Waals surface area contributed by atoms with Crippen molar-refractivity contribution >= 4 is 18.0 Å². The lowest BCUT2D eigenvalue weighted by atomic mass is 9.83. The number of carbonyl (C=O) groups excluding carboxylic acids is 2. The summed E-state index contributed by atoms with van der Waals surface area (Å²) >= 11 is 0. The number of carboxylic acids is 1. The number of piperidine rings is 1. The van der Waals surface area contributed by atoms with Gasteiger partial charge in [-0.2, -0.15) is 0 Å². The number of amides is 2. The number of alkyl carbamates (subject to hydrolysis) is 1. The Labute approximate surface area is 170 Å². The molecule has 1 saturated carbocycles. The summed E-state index contributed by atoms with van der Waals surface area (Å²) in [4.78, 5) is 37.9. The smallest absolute Gasteiger partial charge is 0.407 e. The Kier molecular flexibility index (Phi) is 5.00. The van der Waals surface area contributed by atoms with Gasteiger partial charge in [0.1, 0.15) is 0 Å². The van der Waals surface area contributed by atoms with Crippen LogP contribution in [0.4, 0.5) is 4.79 Å². The molecule has 2 N–H and O–H groups in total. The van der Waals surface area contributed by atoms with Crippen LogP contribution in [0.15, 0.2) is 24.3 Å². The van der Waals surface area contributed by atoms with E-state index >= 15 is 0 Å². The first-order chi connectivity index (χ1) is 13.8. The molecule has 0 bridgehead atoms. The maximum atomic E-state index is 12.9. The molecule has 2 saturated heterocycles. The number of hydrogen-bond acceptors (Lipinski definition) is 4. The van der Waals surface area contributed by atoms with E-state index in [0.717, 1.165) is 25.1 Å². The van der Waals surface area contributed by atoms with Crippen molar-refractivity contribution in [3.63, 3.8) is 0 Å². The molecule has 1 unspecified atom stereocenters. The summed E-state index contributed by atoms with van der Waals surface area (Å²) in [5.41, 5.74) is 1.07. The Morgan fingerprint density at radius 1 is 1.24 bits per heavy atom. The van der Waals surface area contributed by atoms with E-state index in [2.05, 4.69) is 11.4 Å².